The van der Waals surface area contributed by atoms with Crippen LogP contribution in [0.15, 0.2) is 70.2 Å². The molecule has 0 aliphatic carbocycles. The SMILES string of the molecule is NC(=O)c1ccc(F)c(Cn2c(C(=O)O)c(-c3ccc[nH]c3=O)c3c4occc4ccc32)c1. The minimum Gasteiger partial charge on any atom is -0.477 e. The van der Waals surface area contributed by atoms with Crippen LogP contribution in [-0.2, 0) is 6.54 Å². The van der Waals surface area contributed by atoms with Crippen LogP contribution in [0.25, 0.3) is 33.0 Å². The molecule has 0 bridgehead atoms. The van der Waals surface area contributed by atoms with Crippen molar-refractivity contribution in [3.63, 3.8) is 0 Å². The lowest BCUT2D eigenvalue weighted by atomic mass is 10.0. The van der Waals surface area contributed by atoms with Gasteiger partial charge in [0.2, 0.25) is 5.91 Å². The maximum Gasteiger partial charge on any atom is 0.353 e. The van der Waals surface area contributed by atoms with Crippen LogP contribution in [0.1, 0.15) is 26.4 Å². The number of pyridine rings is 1. The Bertz CT molecular complexity index is 1640. The van der Waals surface area contributed by atoms with Gasteiger partial charge in [-0.15, -0.1) is 0 Å². The van der Waals surface area contributed by atoms with Crippen molar-refractivity contribution in [2.45, 2.75) is 6.54 Å². The maximum absolute atomic E-state index is 14.7. The first-order chi connectivity index (χ1) is 15.9. The number of carbonyl (C=O) groups excluding carboxylic acids is 1. The Morgan fingerprint density at radius 1 is 1.15 bits per heavy atom. The van der Waals surface area contributed by atoms with Gasteiger partial charge >= 0.3 is 5.97 Å². The number of benzene rings is 2. The van der Waals surface area contributed by atoms with Crippen molar-refractivity contribution >= 4 is 33.7 Å². The second kappa shape index (κ2) is 7.49. The number of halogens is 1. The van der Waals surface area contributed by atoms with Crippen LogP contribution in [0.3, 0.4) is 0 Å². The number of amides is 1. The van der Waals surface area contributed by atoms with Gasteiger partial charge in [0.05, 0.1) is 29.3 Å². The first kappa shape index (κ1) is 20.3. The average molecular weight is 445 g/mol. The van der Waals surface area contributed by atoms with E-state index in [1.807, 2.05) is 0 Å². The molecule has 0 fully saturated rings. The van der Waals surface area contributed by atoms with Crippen molar-refractivity contribution in [3.05, 3.63) is 94.0 Å². The third-order valence-corrected chi connectivity index (χ3v) is 5.60. The Morgan fingerprint density at radius 3 is 2.70 bits per heavy atom. The summed E-state index contributed by atoms with van der Waals surface area (Å²) in [5, 5.41) is 11.3. The molecular weight excluding hydrogens is 429 g/mol. The van der Waals surface area contributed by atoms with Crippen LogP contribution in [0.5, 0.6) is 0 Å². The largest absolute Gasteiger partial charge is 0.477 e. The Hall–Kier alpha value is -4.66. The van der Waals surface area contributed by atoms with E-state index in [0.717, 1.165) is 6.07 Å². The smallest absolute Gasteiger partial charge is 0.353 e. The lowest BCUT2D eigenvalue weighted by Gasteiger charge is -2.11. The molecule has 0 spiro atoms. The number of carboxylic acid groups (broad SMARTS) is 1. The number of hydrogen-bond donors (Lipinski definition) is 3. The fourth-order valence-corrected chi connectivity index (χ4v) is 4.15. The number of aromatic nitrogens is 2. The van der Waals surface area contributed by atoms with Gasteiger partial charge in [-0.3, -0.25) is 9.59 Å². The Morgan fingerprint density at radius 2 is 1.97 bits per heavy atom. The minimum absolute atomic E-state index is 0.0683. The Labute approximate surface area is 184 Å². The molecule has 4 N–H and O–H groups in total. The summed E-state index contributed by atoms with van der Waals surface area (Å²) in [6.45, 7) is -0.220. The van der Waals surface area contributed by atoms with Gasteiger partial charge in [-0.2, -0.15) is 0 Å². The molecule has 33 heavy (non-hydrogen) atoms. The van der Waals surface area contributed by atoms with E-state index in [9.17, 15) is 23.9 Å². The zero-order valence-corrected chi connectivity index (χ0v) is 17.0. The molecular formula is C24H16FN3O5. The topological polar surface area (TPSA) is 131 Å². The van der Waals surface area contributed by atoms with E-state index < -0.39 is 23.3 Å². The minimum atomic E-state index is -1.31. The van der Waals surface area contributed by atoms with Gasteiger partial charge in [-0.25, -0.2) is 9.18 Å². The molecule has 0 saturated carbocycles. The zero-order chi connectivity index (χ0) is 23.3. The van der Waals surface area contributed by atoms with E-state index in [4.69, 9.17) is 10.2 Å². The summed E-state index contributed by atoms with van der Waals surface area (Å²) in [5.41, 5.74) is 5.91. The molecule has 0 saturated heterocycles. The van der Waals surface area contributed by atoms with Crippen LogP contribution in [0.4, 0.5) is 4.39 Å². The molecule has 3 aromatic heterocycles. The van der Waals surface area contributed by atoms with E-state index in [1.54, 1.807) is 24.3 Å². The number of carbonyl (C=O) groups is 2. The average Bonchev–Trinajstić information content (AvgIpc) is 3.38. The van der Waals surface area contributed by atoms with Gasteiger partial charge in [0.15, 0.2) is 0 Å². The van der Waals surface area contributed by atoms with Crippen LogP contribution in [0, 0.1) is 5.82 Å². The molecule has 3 heterocycles. The summed E-state index contributed by atoms with van der Waals surface area (Å²) in [7, 11) is 0. The van der Waals surface area contributed by atoms with Gasteiger partial charge in [0.25, 0.3) is 5.56 Å². The number of nitrogens with one attached hydrogen (secondary N) is 1. The second-order valence-corrected chi connectivity index (χ2v) is 7.50. The van der Waals surface area contributed by atoms with Crippen molar-refractivity contribution in [2.75, 3.05) is 0 Å². The highest BCUT2D eigenvalue weighted by atomic mass is 19.1. The van der Waals surface area contributed by atoms with Crippen molar-refractivity contribution in [2.24, 2.45) is 5.73 Å². The fraction of sp³-hybridized carbons (Fsp3) is 0.0417. The van der Waals surface area contributed by atoms with Gasteiger partial charge in [0, 0.05) is 28.3 Å². The van der Waals surface area contributed by atoms with Crippen molar-refractivity contribution < 1.29 is 23.5 Å². The zero-order valence-electron chi connectivity index (χ0n) is 17.0. The molecule has 0 aliphatic heterocycles. The third-order valence-electron chi connectivity index (χ3n) is 5.60. The first-order valence-corrected chi connectivity index (χ1v) is 9.89. The predicted molar refractivity (Wildman–Crippen MR) is 119 cm³/mol. The number of rotatable bonds is 5. The van der Waals surface area contributed by atoms with E-state index in [-0.39, 0.29) is 34.5 Å². The molecule has 0 atom stereocenters. The number of nitrogens with two attached hydrogens (primary N) is 1. The number of aromatic carboxylic acids is 1. The molecule has 0 aliphatic rings. The van der Waals surface area contributed by atoms with Gasteiger partial charge in [0.1, 0.15) is 17.1 Å². The highest BCUT2D eigenvalue weighted by Crippen LogP contribution is 2.39. The standard InChI is InChI=1S/C24H16FN3O5/c25-16-5-3-13(22(26)29)10-14(16)11-28-17-6-4-12-7-9-33-21(12)19(17)18(20(28)24(31)32)15-2-1-8-27-23(15)30/h1-10H,11H2,(H2,26,29)(H,27,30)(H,31,32). The summed E-state index contributed by atoms with van der Waals surface area (Å²) in [6.07, 6.45) is 2.91. The van der Waals surface area contributed by atoms with Gasteiger partial charge in [-0.05, 0) is 48.5 Å². The Balaban J connectivity index is 1.89. The van der Waals surface area contributed by atoms with Gasteiger partial charge in [-0.1, -0.05) is 0 Å². The quantitative estimate of drug-likeness (QED) is 0.379. The van der Waals surface area contributed by atoms with Crippen LogP contribution < -0.4 is 11.3 Å². The molecule has 5 rings (SSSR count). The summed E-state index contributed by atoms with van der Waals surface area (Å²) in [5.74, 6) is -2.67. The van der Waals surface area contributed by atoms with Crippen LogP contribution in [-0.4, -0.2) is 26.5 Å². The summed E-state index contributed by atoms with van der Waals surface area (Å²) in [4.78, 5) is 39.3. The van der Waals surface area contributed by atoms with Crippen LogP contribution in [0.2, 0.25) is 0 Å². The molecule has 164 valence electrons. The number of fused-ring (bicyclic) bond motifs is 3. The fourth-order valence-electron chi connectivity index (χ4n) is 4.15. The molecule has 8 nitrogen and oxygen atoms in total. The lowest BCUT2D eigenvalue weighted by molar-refractivity contribution is 0.0686. The molecule has 0 radical (unpaired) electrons. The Kier molecular flexibility index (Phi) is 4.59. The van der Waals surface area contributed by atoms with Crippen molar-refractivity contribution in [1.82, 2.24) is 9.55 Å². The molecule has 2 aromatic carbocycles. The maximum atomic E-state index is 14.7. The van der Waals surface area contributed by atoms with E-state index in [0.29, 0.717) is 21.9 Å². The first-order valence-electron chi connectivity index (χ1n) is 9.89. The summed E-state index contributed by atoms with van der Waals surface area (Å²) >= 11 is 0. The van der Waals surface area contributed by atoms with E-state index in [1.165, 1.54) is 35.2 Å². The highest BCUT2D eigenvalue weighted by Gasteiger charge is 2.28. The third kappa shape index (κ3) is 3.18. The molecule has 0 unspecified atom stereocenters. The van der Waals surface area contributed by atoms with E-state index in [2.05, 4.69) is 4.98 Å². The summed E-state index contributed by atoms with van der Waals surface area (Å²) in [6, 6.07) is 11.9. The number of primary amides is 1. The van der Waals surface area contributed by atoms with Crippen LogP contribution >= 0.6 is 0 Å². The molecule has 9 heteroatoms. The number of nitrogens with zero attached hydrogens (tertiary/aromatic N) is 1. The molecule has 5 aromatic rings. The molecule has 1 amide bonds. The second-order valence-electron chi connectivity index (χ2n) is 7.50. The monoisotopic (exact) mass is 445 g/mol. The van der Waals surface area contributed by atoms with E-state index >= 15 is 0 Å². The van der Waals surface area contributed by atoms with Gasteiger partial charge < -0.3 is 24.8 Å². The number of hydrogen-bond acceptors (Lipinski definition) is 4. The predicted octanol–water partition coefficient (Wildman–Crippen LogP) is 3.73. The summed E-state index contributed by atoms with van der Waals surface area (Å²) < 4.78 is 21.7. The number of aromatic amines is 1. The van der Waals surface area contributed by atoms with Crippen molar-refractivity contribution in [3.8, 4) is 11.1 Å². The highest BCUT2D eigenvalue weighted by molar-refractivity contribution is 6.17. The van der Waals surface area contributed by atoms with Crippen molar-refractivity contribution in [1.29, 1.82) is 0 Å². The number of H-pyrrole nitrogens is 1. The lowest BCUT2D eigenvalue weighted by Crippen LogP contribution is -2.15. The number of furan rings is 1. The normalized spacial score (nSPS) is 11.3. The number of carboxylic acids is 1.